The molecule has 0 aliphatic rings. The number of aromatic nitrogens is 2. The number of hydrogen-bond donors (Lipinski definition) is 0. The SMILES string of the molecule is O=C(C[n+]1ccncc1Oc1c2ccccc2cc2ccccc12)c1ccccc1. The normalized spacial score (nSPS) is 10.9. The molecular formula is C26H19N2O2+. The van der Waals surface area contributed by atoms with E-state index in [2.05, 4.69) is 23.2 Å². The molecule has 5 aromatic rings. The van der Waals surface area contributed by atoms with Gasteiger partial charge in [0.25, 0.3) is 0 Å². The summed E-state index contributed by atoms with van der Waals surface area (Å²) in [6.45, 7) is 0.171. The van der Waals surface area contributed by atoms with E-state index in [0.717, 1.165) is 27.3 Å². The Morgan fingerprint density at radius 2 is 1.47 bits per heavy atom. The van der Waals surface area contributed by atoms with Crippen molar-refractivity contribution >= 4 is 27.3 Å². The third kappa shape index (κ3) is 3.40. The average molecular weight is 391 g/mol. The molecule has 1 aromatic heterocycles. The fraction of sp³-hybridized carbons (Fsp3) is 0.0385. The van der Waals surface area contributed by atoms with Crippen molar-refractivity contribution in [3.63, 3.8) is 0 Å². The minimum atomic E-state index is 0.0134. The van der Waals surface area contributed by atoms with Crippen molar-refractivity contribution in [1.82, 2.24) is 4.98 Å². The van der Waals surface area contributed by atoms with Crippen molar-refractivity contribution in [2.75, 3.05) is 0 Å². The van der Waals surface area contributed by atoms with Crippen LogP contribution in [0, 0.1) is 0 Å². The topological polar surface area (TPSA) is 43.1 Å². The fourth-order valence-corrected chi connectivity index (χ4v) is 3.65. The first-order chi connectivity index (χ1) is 14.8. The van der Waals surface area contributed by atoms with E-state index in [-0.39, 0.29) is 12.3 Å². The van der Waals surface area contributed by atoms with Gasteiger partial charge in [0, 0.05) is 16.3 Å². The molecule has 0 spiro atoms. The third-order valence-corrected chi connectivity index (χ3v) is 5.14. The second-order valence-corrected chi connectivity index (χ2v) is 7.08. The predicted octanol–water partition coefficient (Wildman–Crippen LogP) is 5.35. The Kier molecular flexibility index (Phi) is 4.66. The molecule has 4 heteroatoms. The zero-order valence-corrected chi connectivity index (χ0v) is 16.2. The maximum atomic E-state index is 12.7. The molecule has 0 bridgehead atoms. The molecule has 0 radical (unpaired) electrons. The van der Waals surface area contributed by atoms with E-state index in [1.807, 2.05) is 66.7 Å². The lowest BCUT2D eigenvalue weighted by atomic mass is 10.0. The summed E-state index contributed by atoms with van der Waals surface area (Å²) < 4.78 is 8.21. The lowest BCUT2D eigenvalue weighted by molar-refractivity contribution is -0.687. The first-order valence-corrected chi connectivity index (χ1v) is 9.80. The van der Waals surface area contributed by atoms with Gasteiger partial charge in [-0.15, -0.1) is 0 Å². The fourth-order valence-electron chi connectivity index (χ4n) is 3.65. The molecule has 0 fully saturated rings. The van der Waals surface area contributed by atoms with Crippen LogP contribution < -0.4 is 9.30 Å². The molecule has 0 amide bonds. The highest BCUT2D eigenvalue weighted by Crippen LogP contribution is 2.36. The van der Waals surface area contributed by atoms with Crippen LogP contribution in [0.4, 0.5) is 0 Å². The van der Waals surface area contributed by atoms with Crippen molar-refractivity contribution in [3.8, 4) is 11.6 Å². The summed E-state index contributed by atoms with van der Waals surface area (Å²) in [6.07, 6.45) is 5.07. The Balaban J connectivity index is 1.58. The van der Waals surface area contributed by atoms with Gasteiger partial charge in [0.2, 0.25) is 12.3 Å². The number of hydrogen-bond acceptors (Lipinski definition) is 3. The number of benzene rings is 4. The summed E-state index contributed by atoms with van der Waals surface area (Å²) in [6, 6.07) is 27.7. The highest BCUT2D eigenvalue weighted by molar-refractivity contribution is 6.05. The third-order valence-electron chi connectivity index (χ3n) is 5.14. The molecular weight excluding hydrogens is 372 g/mol. The predicted molar refractivity (Wildman–Crippen MR) is 117 cm³/mol. The Bertz CT molecular complexity index is 1310. The summed E-state index contributed by atoms with van der Waals surface area (Å²) in [7, 11) is 0. The first-order valence-electron chi connectivity index (χ1n) is 9.80. The Hall–Kier alpha value is -4.05. The minimum absolute atomic E-state index is 0.0134. The van der Waals surface area contributed by atoms with Crippen LogP contribution in [0.2, 0.25) is 0 Å². The van der Waals surface area contributed by atoms with Crippen LogP contribution in [0.25, 0.3) is 21.5 Å². The van der Waals surface area contributed by atoms with Crippen LogP contribution in [0.15, 0.2) is 104 Å². The highest BCUT2D eigenvalue weighted by Gasteiger charge is 2.20. The van der Waals surface area contributed by atoms with Gasteiger partial charge in [0.05, 0.1) is 6.20 Å². The molecule has 0 aliphatic carbocycles. The summed E-state index contributed by atoms with van der Waals surface area (Å²) in [5, 5.41) is 4.23. The minimum Gasteiger partial charge on any atom is -0.403 e. The molecule has 0 N–H and O–H groups in total. The second-order valence-electron chi connectivity index (χ2n) is 7.08. The van der Waals surface area contributed by atoms with E-state index >= 15 is 0 Å². The molecule has 5 rings (SSSR count). The van der Waals surface area contributed by atoms with Gasteiger partial charge in [-0.25, -0.2) is 4.98 Å². The van der Waals surface area contributed by atoms with Gasteiger partial charge in [-0.3, -0.25) is 4.79 Å². The van der Waals surface area contributed by atoms with Crippen LogP contribution in [-0.4, -0.2) is 10.8 Å². The number of nitrogens with zero attached hydrogens (tertiary/aromatic N) is 2. The lowest BCUT2D eigenvalue weighted by Gasteiger charge is -2.11. The van der Waals surface area contributed by atoms with Gasteiger partial charge in [-0.05, 0) is 16.8 Å². The smallest absolute Gasteiger partial charge is 0.392 e. The van der Waals surface area contributed by atoms with E-state index in [1.54, 1.807) is 23.2 Å². The number of rotatable bonds is 5. The molecule has 0 aliphatic heterocycles. The standard InChI is InChI=1S/C26H19N2O2/c29-24(19-8-2-1-3-9-19)18-28-15-14-27-17-25(28)30-26-22-12-6-4-10-20(22)16-21-11-5-7-13-23(21)26/h1-17H,18H2/q+1. The van der Waals surface area contributed by atoms with E-state index < -0.39 is 0 Å². The Morgan fingerprint density at radius 1 is 0.833 bits per heavy atom. The van der Waals surface area contributed by atoms with Gasteiger partial charge in [-0.2, -0.15) is 4.57 Å². The van der Waals surface area contributed by atoms with Crippen molar-refractivity contribution in [2.24, 2.45) is 0 Å². The van der Waals surface area contributed by atoms with Gasteiger partial charge in [0.1, 0.15) is 11.9 Å². The summed E-state index contributed by atoms with van der Waals surface area (Å²) in [5.74, 6) is 1.29. The van der Waals surface area contributed by atoms with Gasteiger partial charge >= 0.3 is 5.88 Å². The quantitative estimate of drug-likeness (QED) is 0.230. The Labute approximate surface area is 174 Å². The van der Waals surface area contributed by atoms with Crippen molar-refractivity contribution in [1.29, 1.82) is 0 Å². The Morgan fingerprint density at radius 3 is 2.17 bits per heavy atom. The number of carbonyl (C=O) groups excluding carboxylic acids is 1. The number of ether oxygens (including phenoxy) is 1. The molecule has 4 aromatic carbocycles. The molecule has 1 heterocycles. The maximum absolute atomic E-state index is 12.7. The molecule has 4 nitrogen and oxygen atoms in total. The molecule has 0 saturated carbocycles. The monoisotopic (exact) mass is 391 g/mol. The van der Waals surface area contributed by atoms with Crippen LogP contribution in [-0.2, 0) is 6.54 Å². The number of ketones is 1. The molecule has 0 atom stereocenters. The molecule has 144 valence electrons. The largest absolute Gasteiger partial charge is 0.403 e. The highest BCUT2D eigenvalue weighted by atomic mass is 16.5. The zero-order chi connectivity index (χ0) is 20.3. The van der Waals surface area contributed by atoms with Crippen molar-refractivity contribution in [3.05, 3.63) is 109 Å². The lowest BCUT2D eigenvalue weighted by Crippen LogP contribution is -2.39. The van der Waals surface area contributed by atoms with Crippen LogP contribution in [0.1, 0.15) is 10.4 Å². The molecule has 0 saturated heterocycles. The van der Waals surface area contributed by atoms with Gasteiger partial charge in [0.15, 0.2) is 6.20 Å². The number of fused-ring (bicyclic) bond motifs is 2. The van der Waals surface area contributed by atoms with Crippen LogP contribution >= 0.6 is 0 Å². The average Bonchev–Trinajstić information content (AvgIpc) is 2.80. The van der Waals surface area contributed by atoms with E-state index in [4.69, 9.17) is 4.74 Å². The van der Waals surface area contributed by atoms with E-state index in [0.29, 0.717) is 11.4 Å². The molecule has 30 heavy (non-hydrogen) atoms. The molecule has 0 unspecified atom stereocenters. The van der Waals surface area contributed by atoms with E-state index in [1.165, 1.54) is 0 Å². The summed E-state index contributed by atoms with van der Waals surface area (Å²) in [5.41, 5.74) is 0.670. The summed E-state index contributed by atoms with van der Waals surface area (Å²) >= 11 is 0. The zero-order valence-electron chi connectivity index (χ0n) is 16.2. The first kappa shape index (κ1) is 18.0. The van der Waals surface area contributed by atoms with Crippen LogP contribution in [0.3, 0.4) is 0 Å². The number of Topliss-reactive ketones (excluding diaryl/α,β-unsaturated/α-hetero) is 1. The van der Waals surface area contributed by atoms with Crippen LogP contribution in [0.5, 0.6) is 11.6 Å². The van der Waals surface area contributed by atoms with Crippen molar-refractivity contribution in [2.45, 2.75) is 6.54 Å². The van der Waals surface area contributed by atoms with Gasteiger partial charge < -0.3 is 4.74 Å². The summed E-state index contributed by atoms with van der Waals surface area (Å²) in [4.78, 5) is 17.0. The van der Waals surface area contributed by atoms with Crippen molar-refractivity contribution < 1.29 is 14.1 Å². The maximum Gasteiger partial charge on any atom is 0.392 e. The number of carbonyl (C=O) groups is 1. The second kappa shape index (κ2) is 7.76. The van der Waals surface area contributed by atoms with E-state index in [9.17, 15) is 4.79 Å². The van der Waals surface area contributed by atoms with Gasteiger partial charge in [-0.1, -0.05) is 78.9 Å².